The number of amides is 1. The summed E-state index contributed by atoms with van der Waals surface area (Å²) in [5.74, 6) is -0.623. The zero-order valence-electron chi connectivity index (χ0n) is 9.70. The maximum Gasteiger partial charge on any atom is 0.221 e. The van der Waals surface area contributed by atoms with Crippen molar-refractivity contribution in [1.29, 1.82) is 0 Å². The molecule has 82 valence electrons. The summed E-state index contributed by atoms with van der Waals surface area (Å²) in [6.07, 6.45) is 0. The van der Waals surface area contributed by atoms with Crippen LogP contribution in [0.2, 0.25) is 0 Å². The van der Waals surface area contributed by atoms with Gasteiger partial charge in [-0.2, -0.15) is 0 Å². The van der Waals surface area contributed by atoms with E-state index in [1.807, 2.05) is 27.7 Å². The zero-order valence-corrected chi connectivity index (χ0v) is 9.70. The zero-order chi connectivity index (χ0) is 11.5. The van der Waals surface area contributed by atoms with E-state index in [0.717, 1.165) is 0 Å². The molecule has 0 spiro atoms. The van der Waals surface area contributed by atoms with E-state index in [9.17, 15) is 9.59 Å². The highest BCUT2D eigenvalue weighted by Gasteiger charge is 2.34. The van der Waals surface area contributed by atoms with Gasteiger partial charge in [-0.15, -0.1) is 0 Å². The Morgan fingerprint density at radius 2 is 1.29 bits per heavy atom. The van der Waals surface area contributed by atoms with Crippen LogP contribution in [-0.2, 0) is 9.59 Å². The van der Waals surface area contributed by atoms with Crippen molar-refractivity contribution in [3.63, 3.8) is 0 Å². The number of carbonyl (C=O) groups is 2. The second-order valence-corrected chi connectivity index (χ2v) is 4.55. The van der Waals surface area contributed by atoms with E-state index in [1.54, 1.807) is 0 Å². The minimum absolute atomic E-state index is 0.0532. The average molecular weight is 199 g/mol. The molecule has 0 aromatic rings. The van der Waals surface area contributed by atoms with Crippen molar-refractivity contribution >= 4 is 11.7 Å². The molecule has 0 aliphatic carbocycles. The van der Waals surface area contributed by atoms with Crippen LogP contribution >= 0.6 is 0 Å². The molecule has 0 aliphatic heterocycles. The van der Waals surface area contributed by atoms with Crippen molar-refractivity contribution in [2.75, 3.05) is 0 Å². The van der Waals surface area contributed by atoms with E-state index in [-0.39, 0.29) is 35.4 Å². The number of carbonyl (C=O) groups excluding carboxylic acids is 2. The van der Waals surface area contributed by atoms with Crippen LogP contribution in [0.1, 0.15) is 34.6 Å². The molecular formula is C11H21NO2. The van der Waals surface area contributed by atoms with Gasteiger partial charge in [0.25, 0.3) is 0 Å². The molecule has 3 heteroatoms. The number of hydrogen-bond donors (Lipinski definition) is 1. The number of hydrogen-bond acceptors (Lipinski definition) is 2. The molecule has 0 saturated carbocycles. The Morgan fingerprint density at radius 3 is 1.36 bits per heavy atom. The topological polar surface area (TPSA) is 60.2 Å². The fraction of sp³-hybridized carbons (Fsp3) is 0.818. The first kappa shape index (κ1) is 13.1. The Kier molecular flexibility index (Phi) is 4.81. The molecule has 2 unspecified atom stereocenters. The van der Waals surface area contributed by atoms with Gasteiger partial charge in [-0.1, -0.05) is 27.7 Å². The van der Waals surface area contributed by atoms with E-state index in [1.165, 1.54) is 6.92 Å². The predicted octanol–water partition coefficient (Wildman–Crippen LogP) is 1.61. The van der Waals surface area contributed by atoms with Crippen LogP contribution in [0, 0.1) is 23.7 Å². The van der Waals surface area contributed by atoms with Crippen molar-refractivity contribution < 1.29 is 9.59 Å². The molecule has 14 heavy (non-hydrogen) atoms. The predicted molar refractivity (Wildman–Crippen MR) is 56.5 cm³/mol. The molecule has 0 rings (SSSR count). The Morgan fingerprint density at radius 1 is 0.929 bits per heavy atom. The van der Waals surface area contributed by atoms with Crippen LogP contribution in [0.4, 0.5) is 0 Å². The lowest BCUT2D eigenvalue weighted by Crippen LogP contribution is -2.39. The number of primary amides is 1. The summed E-state index contributed by atoms with van der Waals surface area (Å²) in [4.78, 5) is 22.7. The van der Waals surface area contributed by atoms with Crippen molar-refractivity contribution in [2.45, 2.75) is 34.6 Å². The molecule has 3 nitrogen and oxygen atoms in total. The molecule has 0 aromatic carbocycles. The first-order valence-electron chi connectivity index (χ1n) is 5.08. The quantitative estimate of drug-likeness (QED) is 0.731. The van der Waals surface area contributed by atoms with Crippen LogP contribution in [0.25, 0.3) is 0 Å². The van der Waals surface area contributed by atoms with Gasteiger partial charge in [0.05, 0.1) is 0 Å². The van der Waals surface area contributed by atoms with Crippen LogP contribution in [0.3, 0.4) is 0 Å². The molecule has 0 bridgehead atoms. The summed E-state index contributed by atoms with van der Waals surface area (Å²) in [7, 11) is 0. The smallest absolute Gasteiger partial charge is 0.221 e. The van der Waals surface area contributed by atoms with Gasteiger partial charge in [0, 0.05) is 11.8 Å². The Balaban J connectivity index is 4.93. The molecule has 0 heterocycles. The van der Waals surface area contributed by atoms with Gasteiger partial charge >= 0.3 is 0 Å². The van der Waals surface area contributed by atoms with Crippen molar-refractivity contribution in [1.82, 2.24) is 0 Å². The molecule has 1 amide bonds. The van der Waals surface area contributed by atoms with Crippen LogP contribution in [-0.4, -0.2) is 11.7 Å². The molecular weight excluding hydrogens is 178 g/mol. The van der Waals surface area contributed by atoms with Gasteiger partial charge in [-0.3, -0.25) is 9.59 Å². The monoisotopic (exact) mass is 199 g/mol. The van der Waals surface area contributed by atoms with Crippen molar-refractivity contribution in [2.24, 2.45) is 29.4 Å². The first-order valence-corrected chi connectivity index (χ1v) is 5.08. The van der Waals surface area contributed by atoms with Gasteiger partial charge < -0.3 is 5.73 Å². The molecule has 0 aliphatic rings. The van der Waals surface area contributed by atoms with Crippen LogP contribution in [0.5, 0.6) is 0 Å². The lowest BCUT2D eigenvalue weighted by molar-refractivity contribution is -0.134. The van der Waals surface area contributed by atoms with Crippen molar-refractivity contribution in [3.8, 4) is 0 Å². The second kappa shape index (κ2) is 5.13. The third-order valence-electron chi connectivity index (χ3n) is 2.62. The fourth-order valence-corrected chi connectivity index (χ4v) is 2.06. The maximum absolute atomic E-state index is 11.4. The lowest BCUT2D eigenvalue weighted by atomic mass is 9.75. The van der Waals surface area contributed by atoms with Gasteiger partial charge in [-0.25, -0.2) is 0 Å². The summed E-state index contributed by atoms with van der Waals surface area (Å²) in [6, 6.07) is 0. The standard InChI is InChI=1S/C11H21NO2/c1-6(2)9(8(5)13)10(7(3)4)11(12)14/h6-7,9-10H,1-5H3,(H2,12,14). The summed E-state index contributed by atoms with van der Waals surface area (Å²) < 4.78 is 0. The van der Waals surface area contributed by atoms with Crippen LogP contribution in [0.15, 0.2) is 0 Å². The number of Topliss-reactive ketones (excluding diaryl/α,β-unsaturated/α-hetero) is 1. The minimum Gasteiger partial charge on any atom is -0.369 e. The number of nitrogens with two attached hydrogens (primary N) is 1. The second-order valence-electron chi connectivity index (χ2n) is 4.55. The maximum atomic E-state index is 11.4. The highest BCUT2D eigenvalue weighted by atomic mass is 16.1. The SMILES string of the molecule is CC(=O)C(C(C)C)C(C(N)=O)C(C)C. The third-order valence-corrected chi connectivity index (χ3v) is 2.62. The molecule has 0 radical (unpaired) electrons. The molecule has 0 aromatic heterocycles. The van der Waals surface area contributed by atoms with Gasteiger partial charge in [0.1, 0.15) is 5.78 Å². The minimum atomic E-state index is -0.367. The van der Waals surface area contributed by atoms with E-state index in [2.05, 4.69) is 0 Å². The Hall–Kier alpha value is -0.860. The van der Waals surface area contributed by atoms with E-state index >= 15 is 0 Å². The number of ketones is 1. The van der Waals surface area contributed by atoms with E-state index < -0.39 is 0 Å². The largest absolute Gasteiger partial charge is 0.369 e. The fourth-order valence-electron chi connectivity index (χ4n) is 2.06. The summed E-state index contributed by atoms with van der Waals surface area (Å²) in [5.41, 5.74) is 5.32. The molecule has 2 N–H and O–H groups in total. The number of rotatable bonds is 5. The van der Waals surface area contributed by atoms with Gasteiger partial charge in [0.2, 0.25) is 5.91 Å². The summed E-state index contributed by atoms with van der Waals surface area (Å²) in [6.45, 7) is 9.28. The molecule has 0 saturated heterocycles. The first-order chi connectivity index (χ1) is 6.29. The van der Waals surface area contributed by atoms with E-state index in [4.69, 9.17) is 5.73 Å². The Labute approximate surface area is 86.1 Å². The molecule has 0 fully saturated rings. The van der Waals surface area contributed by atoms with Crippen LogP contribution < -0.4 is 5.73 Å². The lowest BCUT2D eigenvalue weighted by Gasteiger charge is -2.28. The molecule has 2 atom stereocenters. The highest BCUT2D eigenvalue weighted by molar-refractivity contribution is 5.87. The summed E-state index contributed by atoms with van der Waals surface area (Å²) in [5, 5.41) is 0. The normalized spacial score (nSPS) is 15.6. The highest BCUT2D eigenvalue weighted by Crippen LogP contribution is 2.27. The summed E-state index contributed by atoms with van der Waals surface area (Å²) >= 11 is 0. The van der Waals surface area contributed by atoms with Gasteiger partial charge in [0.15, 0.2) is 0 Å². The van der Waals surface area contributed by atoms with Gasteiger partial charge in [-0.05, 0) is 18.8 Å². The Bertz CT molecular complexity index is 197. The van der Waals surface area contributed by atoms with Crippen molar-refractivity contribution in [3.05, 3.63) is 0 Å². The van der Waals surface area contributed by atoms with E-state index in [0.29, 0.717) is 0 Å². The average Bonchev–Trinajstić information content (AvgIpc) is 1.96. The third kappa shape index (κ3) is 3.13.